The zero-order valence-electron chi connectivity index (χ0n) is 17.6. The van der Waals surface area contributed by atoms with Gasteiger partial charge in [0.25, 0.3) is 5.91 Å². The number of esters is 1. The summed E-state index contributed by atoms with van der Waals surface area (Å²) < 4.78 is 17.0. The lowest BCUT2D eigenvalue weighted by molar-refractivity contribution is -0.145. The summed E-state index contributed by atoms with van der Waals surface area (Å²) >= 11 is 15.5. The van der Waals surface area contributed by atoms with Crippen molar-refractivity contribution in [1.82, 2.24) is 5.32 Å². The molecule has 0 saturated carbocycles. The maximum absolute atomic E-state index is 12.5. The molecule has 0 unspecified atom stereocenters. The predicted molar refractivity (Wildman–Crippen MR) is 140 cm³/mol. The molecule has 1 fully saturated rings. The second-order valence-electron chi connectivity index (χ2n) is 6.41. The zero-order valence-corrected chi connectivity index (χ0v) is 22.1. The molecule has 1 N–H and O–H groups in total. The van der Waals surface area contributed by atoms with Crippen molar-refractivity contribution in [3.05, 3.63) is 54.4 Å². The molecule has 7 nitrogen and oxygen atoms in total. The van der Waals surface area contributed by atoms with Crippen molar-refractivity contribution in [2.24, 2.45) is 4.99 Å². The van der Waals surface area contributed by atoms with Crippen LogP contribution in [0.2, 0.25) is 10.0 Å². The third kappa shape index (κ3) is 6.78. The van der Waals surface area contributed by atoms with Gasteiger partial charge in [-0.15, -0.1) is 0 Å². The molecule has 33 heavy (non-hydrogen) atoms. The third-order valence-corrected chi connectivity index (χ3v) is 6.59. The molecule has 0 aliphatic carbocycles. The Morgan fingerprint density at radius 2 is 2.00 bits per heavy atom. The molecule has 0 spiro atoms. The third-order valence-electron chi connectivity index (χ3n) is 4.07. The highest BCUT2D eigenvalue weighted by molar-refractivity contribution is 14.1. The van der Waals surface area contributed by atoms with Crippen LogP contribution < -0.4 is 14.8 Å². The lowest BCUT2D eigenvalue weighted by Gasteiger charge is -2.14. The number of rotatable bonds is 8. The first-order valence-corrected chi connectivity index (χ1v) is 12.5. The van der Waals surface area contributed by atoms with Gasteiger partial charge in [-0.05, 0) is 84.1 Å². The molecule has 2 aromatic rings. The molecule has 0 aromatic heterocycles. The summed E-state index contributed by atoms with van der Waals surface area (Å²) in [5.41, 5.74) is 1.19. The van der Waals surface area contributed by atoms with Gasteiger partial charge in [-0.3, -0.25) is 4.79 Å². The first-order valence-electron chi connectivity index (χ1n) is 9.80. The molecule has 1 saturated heterocycles. The zero-order chi connectivity index (χ0) is 24.0. The van der Waals surface area contributed by atoms with E-state index in [0.717, 1.165) is 9.13 Å². The number of amides is 1. The molecule has 1 heterocycles. The van der Waals surface area contributed by atoms with Crippen LogP contribution in [0.1, 0.15) is 19.4 Å². The van der Waals surface area contributed by atoms with E-state index in [2.05, 4.69) is 32.9 Å². The standard InChI is InChI=1S/C22H19Cl2IN2O5S/c1-3-30-16-9-12(8-14(25)20(16)32-11-18(28)31-4-2)10-17-21(29)27-22(33-17)26-15-7-5-6-13(23)19(15)24/h5-10H,3-4,11H2,1-2H3,(H,26,27,29)/b17-10+. The average Bonchev–Trinajstić information content (AvgIpc) is 3.10. The van der Waals surface area contributed by atoms with E-state index < -0.39 is 5.97 Å². The number of hydrogen-bond donors (Lipinski definition) is 1. The number of nitrogens with one attached hydrogen (secondary N) is 1. The number of benzene rings is 2. The summed E-state index contributed by atoms with van der Waals surface area (Å²) in [5, 5.41) is 3.81. The quantitative estimate of drug-likeness (QED) is 0.227. The van der Waals surface area contributed by atoms with Crippen LogP contribution in [0.15, 0.2) is 40.2 Å². The van der Waals surface area contributed by atoms with E-state index in [1.807, 2.05) is 13.0 Å². The minimum Gasteiger partial charge on any atom is -0.490 e. The fraction of sp³-hybridized carbons (Fsp3) is 0.227. The van der Waals surface area contributed by atoms with Crippen LogP contribution in [0.25, 0.3) is 6.08 Å². The highest BCUT2D eigenvalue weighted by Crippen LogP contribution is 2.37. The summed E-state index contributed by atoms with van der Waals surface area (Å²) in [6.07, 6.45) is 1.72. The van der Waals surface area contributed by atoms with Crippen LogP contribution in [-0.2, 0) is 14.3 Å². The van der Waals surface area contributed by atoms with Crippen LogP contribution in [-0.4, -0.2) is 36.9 Å². The molecule has 1 aliphatic rings. The molecule has 0 atom stereocenters. The summed E-state index contributed by atoms with van der Waals surface area (Å²) in [6, 6.07) is 8.68. The fourth-order valence-electron chi connectivity index (χ4n) is 2.73. The van der Waals surface area contributed by atoms with Gasteiger partial charge in [0.05, 0.1) is 37.4 Å². The summed E-state index contributed by atoms with van der Waals surface area (Å²) in [5.74, 6) is 0.151. The first kappa shape index (κ1) is 25.7. The van der Waals surface area contributed by atoms with Gasteiger partial charge in [0.1, 0.15) is 0 Å². The van der Waals surface area contributed by atoms with Crippen LogP contribution in [0.3, 0.4) is 0 Å². The molecule has 174 valence electrons. The molecular weight excluding hydrogens is 602 g/mol. The van der Waals surface area contributed by atoms with Crippen LogP contribution in [0.4, 0.5) is 5.69 Å². The molecule has 1 amide bonds. The second-order valence-corrected chi connectivity index (χ2v) is 9.39. The number of ether oxygens (including phenoxy) is 3. The molecule has 0 radical (unpaired) electrons. The monoisotopic (exact) mass is 620 g/mol. The highest BCUT2D eigenvalue weighted by Gasteiger charge is 2.25. The van der Waals surface area contributed by atoms with E-state index in [0.29, 0.717) is 43.9 Å². The number of thioether (sulfide) groups is 1. The summed E-state index contributed by atoms with van der Waals surface area (Å²) in [4.78, 5) is 29.0. The Morgan fingerprint density at radius 3 is 2.73 bits per heavy atom. The molecule has 1 aliphatic heterocycles. The van der Waals surface area contributed by atoms with Crippen molar-refractivity contribution in [2.45, 2.75) is 13.8 Å². The Hall–Kier alpha value is -1.95. The summed E-state index contributed by atoms with van der Waals surface area (Å²) in [6.45, 7) is 4.02. The lowest BCUT2D eigenvalue weighted by Crippen LogP contribution is -2.19. The normalized spacial score (nSPS) is 15.6. The lowest BCUT2D eigenvalue weighted by atomic mass is 10.2. The number of nitrogens with zero attached hydrogens (tertiary/aromatic N) is 1. The van der Waals surface area contributed by atoms with E-state index in [9.17, 15) is 9.59 Å². The van der Waals surface area contributed by atoms with Crippen LogP contribution in [0, 0.1) is 3.57 Å². The minimum atomic E-state index is -0.465. The van der Waals surface area contributed by atoms with E-state index in [1.165, 1.54) is 11.8 Å². The van der Waals surface area contributed by atoms with Gasteiger partial charge >= 0.3 is 5.97 Å². The van der Waals surface area contributed by atoms with E-state index >= 15 is 0 Å². The van der Waals surface area contributed by atoms with Gasteiger partial charge in [0.2, 0.25) is 0 Å². The highest BCUT2D eigenvalue weighted by atomic mass is 127. The summed E-state index contributed by atoms with van der Waals surface area (Å²) in [7, 11) is 0. The molecule has 2 aromatic carbocycles. The van der Waals surface area contributed by atoms with Crippen LogP contribution >= 0.6 is 57.6 Å². The van der Waals surface area contributed by atoms with Gasteiger partial charge < -0.3 is 19.5 Å². The van der Waals surface area contributed by atoms with Gasteiger partial charge in [0.15, 0.2) is 23.3 Å². The average molecular weight is 621 g/mol. The van der Waals surface area contributed by atoms with Crippen molar-refractivity contribution < 1.29 is 23.8 Å². The molecule has 11 heteroatoms. The van der Waals surface area contributed by atoms with Crippen molar-refractivity contribution in [3.8, 4) is 11.5 Å². The molecule has 0 bridgehead atoms. The number of hydrogen-bond acceptors (Lipinski definition) is 7. The maximum atomic E-state index is 12.5. The topological polar surface area (TPSA) is 86.2 Å². The number of carbonyl (C=O) groups is 2. The molecular formula is C22H19Cl2IN2O5S. The Labute approximate surface area is 219 Å². The SMILES string of the molecule is CCOC(=O)COc1c(I)cc(/C=C2/SC(=Nc3cccc(Cl)c3Cl)NC2=O)cc1OCC. The first-order chi connectivity index (χ1) is 15.8. The van der Waals surface area contributed by atoms with Gasteiger partial charge in [-0.25, -0.2) is 9.79 Å². The van der Waals surface area contributed by atoms with E-state index in [4.69, 9.17) is 37.4 Å². The fourth-order valence-corrected chi connectivity index (χ4v) is 4.68. The van der Waals surface area contributed by atoms with E-state index in [-0.39, 0.29) is 19.1 Å². The van der Waals surface area contributed by atoms with Gasteiger partial charge in [-0.2, -0.15) is 0 Å². The Morgan fingerprint density at radius 1 is 1.21 bits per heavy atom. The smallest absolute Gasteiger partial charge is 0.344 e. The Bertz CT molecular complexity index is 1140. The van der Waals surface area contributed by atoms with Crippen molar-refractivity contribution in [2.75, 3.05) is 19.8 Å². The molecule has 3 rings (SSSR count). The minimum absolute atomic E-state index is 0.228. The van der Waals surface area contributed by atoms with Crippen molar-refractivity contribution in [1.29, 1.82) is 0 Å². The van der Waals surface area contributed by atoms with Crippen molar-refractivity contribution in [3.63, 3.8) is 0 Å². The maximum Gasteiger partial charge on any atom is 0.344 e. The number of halogens is 3. The second kappa shape index (κ2) is 12.0. The van der Waals surface area contributed by atoms with E-state index in [1.54, 1.807) is 37.3 Å². The number of carbonyl (C=O) groups excluding carboxylic acids is 2. The van der Waals surface area contributed by atoms with Crippen LogP contribution in [0.5, 0.6) is 11.5 Å². The van der Waals surface area contributed by atoms with Crippen molar-refractivity contribution >= 4 is 86.4 Å². The predicted octanol–water partition coefficient (Wildman–Crippen LogP) is 5.83. The number of amidine groups is 1. The van der Waals surface area contributed by atoms with Gasteiger partial charge in [-0.1, -0.05) is 29.3 Å². The Kier molecular flexibility index (Phi) is 9.30. The largest absolute Gasteiger partial charge is 0.490 e. The van der Waals surface area contributed by atoms with Gasteiger partial charge in [0, 0.05) is 0 Å². The number of aliphatic imine (C=N–C) groups is 1. The Balaban J connectivity index is 1.84.